The van der Waals surface area contributed by atoms with Gasteiger partial charge in [-0.25, -0.2) is 14.2 Å². The van der Waals surface area contributed by atoms with Gasteiger partial charge in [-0.15, -0.1) is 11.3 Å². The van der Waals surface area contributed by atoms with E-state index < -0.39 is 29.9 Å². The van der Waals surface area contributed by atoms with E-state index in [2.05, 4.69) is 10.3 Å². The highest BCUT2D eigenvalue weighted by molar-refractivity contribution is 8.01. The number of esters is 1. The predicted molar refractivity (Wildman–Crippen MR) is 139 cm³/mol. The number of thioether (sulfide) groups is 1. The Morgan fingerprint density at radius 3 is 2.81 bits per heavy atom. The highest BCUT2D eigenvalue weighted by atomic mass is 32.2. The molecule has 1 aromatic heterocycles. The summed E-state index contributed by atoms with van der Waals surface area (Å²) in [4.78, 5) is 29.1. The van der Waals surface area contributed by atoms with E-state index in [0.717, 1.165) is 36.7 Å². The molecule has 0 unspecified atom stereocenters. The van der Waals surface area contributed by atoms with Crippen LogP contribution in [0.4, 0.5) is 13.2 Å². The number of rotatable bonds is 13. The number of nitrogens with one attached hydrogen (secondary N) is 1. The van der Waals surface area contributed by atoms with Crippen LogP contribution in [0.1, 0.15) is 68.8 Å². The van der Waals surface area contributed by atoms with E-state index >= 15 is 0 Å². The first-order valence-electron chi connectivity index (χ1n) is 12.7. The number of ether oxygens (including phenoxy) is 1. The molecule has 11 heteroatoms. The topological polar surface area (TPSA) is 88.5 Å². The van der Waals surface area contributed by atoms with Gasteiger partial charge in [-0.3, -0.25) is 4.79 Å². The van der Waals surface area contributed by atoms with Crippen LogP contribution >= 0.6 is 23.1 Å². The van der Waals surface area contributed by atoms with E-state index in [1.165, 1.54) is 30.0 Å². The summed E-state index contributed by atoms with van der Waals surface area (Å²) >= 11 is 2.90. The van der Waals surface area contributed by atoms with Gasteiger partial charge < -0.3 is 15.2 Å². The number of halogens is 3. The second-order valence-corrected chi connectivity index (χ2v) is 12.2. The third-order valence-corrected chi connectivity index (χ3v) is 8.99. The van der Waals surface area contributed by atoms with Gasteiger partial charge in [0.2, 0.25) is 0 Å². The summed E-state index contributed by atoms with van der Waals surface area (Å²) in [5, 5.41) is 15.3. The third kappa shape index (κ3) is 9.85. The lowest BCUT2D eigenvalue weighted by Crippen LogP contribution is -2.30. The van der Waals surface area contributed by atoms with Crippen molar-refractivity contribution >= 4 is 34.9 Å². The van der Waals surface area contributed by atoms with Gasteiger partial charge in [0.15, 0.2) is 15.9 Å². The van der Waals surface area contributed by atoms with Gasteiger partial charge in [0.05, 0.1) is 12.2 Å². The average molecular weight is 561 g/mol. The molecule has 2 heterocycles. The van der Waals surface area contributed by atoms with Gasteiger partial charge in [0.1, 0.15) is 5.78 Å². The molecule has 1 saturated heterocycles. The first-order valence-corrected chi connectivity index (χ1v) is 14.6. The number of Topliss-reactive ketones (excluding diaryl/α,β-unsaturated/α-hetero) is 1. The number of hydrogen-bond acceptors (Lipinski definition) is 8. The number of ketones is 1. The van der Waals surface area contributed by atoms with Gasteiger partial charge >= 0.3 is 12.0 Å². The van der Waals surface area contributed by atoms with Crippen LogP contribution in [0.25, 0.3) is 0 Å². The van der Waals surface area contributed by atoms with Gasteiger partial charge in [-0.1, -0.05) is 23.9 Å². The van der Waals surface area contributed by atoms with Crippen LogP contribution in [-0.4, -0.2) is 52.9 Å². The zero-order valence-corrected chi connectivity index (χ0v) is 22.7. The van der Waals surface area contributed by atoms with Crippen LogP contribution < -0.4 is 5.32 Å². The van der Waals surface area contributed by atoms with Gasteiger partial charge in [0.25, 0.3) is 0 Å². The number of allylic oxidation sites excluding steroid dienone is 2. The summed E-state index contributed by atoms with van der Waals surface area (Å²) in [6.07, 6.45) is 4.77. The monoisotopic (exact) mass is 560 g/mol. The van der Waals surface area contributed by atoms with Crippen LogP contribution in [0.3, 0.4) is 0 Å². The van der Waals surface area contributed by atoms with Crippen molar-refractivity contribution in [2.75, 3.05) is 25.4 Å². The number of nitrogens with zero attached hydrogens (tertiary/aromatic N) is 1. The first kappa shape index (κ1) is 29.9. The maximum atomic E-state index is 13.0. The minimum atomic E-state index is -2.35. The van der Waals surface area contributed by atoms with Crippen molar-refractivity contribution in [1.29, 1.82) is 0 Å². The summed E-state index contributed by atoms with van der Waals surface area (Å²) in [5.41, 5.74) is -0.995. The maximum Gasteiger partial charge on any atom is 0.357 e. The molecular formula is C26H35F3N2O4S2. The van der Waals surface area contributed by atoms with Crippen LogP contribution in [0.2, 0.25) is 0 Å². The molecule has 1 aliphatic heterocycles. The van der Waals surface area contributed by atoms with Crippen LogP contribution in [0.15, 0.2) is 33.8 Å². The molecule has 2 fully saturated rings. The third-order valence-electron chi connectivity index (χ3n) is 6.94. The summed E-state index contributed by atoms with van der Waals surface area (Å²) in [6.45, 7) is 3.80. The Labute approximate surface area is 224 Å². The van der Waals surface area contributed by atoms with E-state index in [-0.39, 0.29) is 30.5 Å². The fraction of sp³-hybridized carbons (Fsp3) is 0.654. The normalized spacial score (nSPS) is 22.4. The number of thiazole rings is 1. The Hall–Kier alpha value is -1.69. The predicted octanol–water partition coefficient (Wildman–Crippen LogP) is 5.93. The first-order chi connectivity index (χ1) is 17.6. The molecule has 0 spiro atoms. The van der Waals surface area contributed by atoms with E-state index in [4.69, 9.17) is 4.74 Å². The number of aliphatic hydroxyl groups is 1. The Bertz CT molecular complexity index is 973. The van der Waals surface area contributed by atoms with E-state index in [9.17, 15) is 27.9 Å². The molecule has 206 valence electrons. The quantitative estimate of drug-likeness (QED) is 0.176. The maximum absolute atomic E-state index is 13.0. The lowest BCUT2D eigenvalue weighted by molar-refractivity contribution is -0.121. The summed E-state index contributed by atoms with van der Waals surface area (Å²) in [5.74, 6) is -0.720. The Balaban J connectivity index is 1.41. The van der Waals surface area contributed by atoms with Gasteiger partial charge in [-0.2, -0.15) is 8.78 Å². The molecule has 0 aromatic carbocycles. The number of piperidine rings is 1. The van der Waals surface area contributed by atoms with Crippen molar-refractivity contribution in [3.63, 3.8) is 0 Å². The van der Waals surface area contributed by atoms with Crippen molar-refractivity contribution < 1.29 is 32.6 Å². The second-order valence-electron chi connectivity index (χ2n) is 10.00. The molecule has 3 atom stereocenters. The van der Waals surface area contributed by atoms with E-state index in [0.29, 0.717) is 36.8 Å². The minimum Gasteiger partial charge on any atom is -0.461 e. The zero-order chi connectivity index (χ0) is 26.8. The van der Waals surface area contributed by atoms with Crippen LogP contribution in [0, 0.1) is 17.8 Å². The molecule has 0 radical (unpaired) electrons. The SMILES string of the molecule is C[C@@](O)(C/C=C/[C@H]1CCC(=O)[C@H]1CCSc1nc(C(=O)OCC2CCNCC2)cs1)CCC(F)=C(F)F. The Morgan fingerprint density at radius 1 is 1.32 bits per heavy atom. The second kappa shape index (κ2) is 14.5. The minimum absolute atomic E-state index is 0.0423. The van der Waals surface area contributed by atoms with Crippen molar-refractivity contribution in [3.05, 3.63) is 35.1 Å². The molecule has 3 rings (SSSR count). The molecule has 1 aromatic rings. The zero-order valence-electron chi connectivity index (χ0n) is 21.0. The number of hydrogen-bond donors (Lipinski definition) is 2. The Morgan fingerprint density at radius 2 is 2.08 bits per heavy atom. The van der Waals surface area contributed by atoms with Gasteiger partial charge in [0, 0.05) is 29.9 Å². The molecule has 1 saturated carbocycles. The summed E-state index contributed by atoms with van der Waals surface area (Å²) < 4.78 is 43.7. The standard InChI is InChI=1S/C26H35F3N2O4S2/c1-26(34,11-6-20(27)23(28)29)10-2-3-18-4-5-22(32)19(18)9-14-36-25-31-21(16-37-25)24(33)35-15-17-7-12-30-13-8-17/h2-3,16-19,30,34H,4-15H2,1H3/b3-2+/t18-,19-,26+/m0/s1. The van der Waals surface area contributed by atoms with Gasteiger partial charge in [-0.05, 0) is 70.4 Å². The Kier molecular flexibility index (Phi) is 11.7. The number of carbonyl (C=O) groups is 2. The highest BCUT2D eigenvalue weighted by Crippen LogP contribution is 2.35. The van der Waals surface area contributed by atoms with Crippen LogP contribution in [0.5, 0.6) is 0 Å². The fourth-order valence-corrected chi connectivity index (χ4v) is 6.51. The van der Waals surface area contributed by atoms with Crippen molar-refractivity contribution in [1.82, 2.24) is 10.3 Å². The highest BCUT2D eigenvalue weighted by Gasteiger charge is 2.33. The van der Waals surface area contributed by atoms with Crippen molar-refractivity contribution in [2.45, 2.75) is 68.2 Å². The van der Waals surface area contributed by atoms with E-state index in [1.807, 2.05) is 6.08 Å². The summed E-state index contributed by atoms with van der Waals surface area (Å²) in [6, 6.07) is 0. The van der Waals surface area contributed by atoms with Crippen LogP contribution in [-0.2, 0) is 9.53 Å². The van der Waals surface area contributed by atoms with Crippen molar-refractivity contribution in [2.24, 2.45) is 17.8 Å². The molecule has 0 bridgehead atoms. The molecule has 0 amide bonds. The molecule has 6 nitrogen and oxygen atoms in total. The average Bonchev–Trinajstić information content (AvgIpc) is 3.49. The lowest BCUT2D eigenvalue weighted by atomic mass is 9.90. The largest absolute Gasteiger partial charge is 0.461 e. The molecular weight excluding hydrogens is 525 g/mol. The smallest absolute Gasteiger partial charge is 0.357 e. The molecule has 2 aliphatic rings. The van der Waals surface area contributed by atoms with E-state index in [1.54, 1.807) is 11.5 Å². The fourth-order valence-electron chi connectivity index (χ4n) is 4.62. The number of aromatic nitrogens is 1. The molecule has 2 N–H and O–H groups in total. The molecule has 37 heavy (non-hydrogen) atoms. The summed E-state index contributed by atoms with van der Waals surface area (Å²) in [7, 11) is 0. The number of carbonyl (C=O) groups excluding carboxylic acids is 2. The lowest BCUT2D eigenvalue weighted by Gasteiger charge is -2.21. The molecule has 1 aliphatic carbocycles. The van der Waals surface area contributed by atoms with Crippen molar-refractivity contribution in [3.8, 4) is 0 Å².